The summed E-state index contributed by atoms with van der Waals surface area (Å²) in [6.45, 7) is 7.67. The summed E-state index contributed by atoms with van der Waals surface area (Å²) in [5, 5.41) is 8.82. The van der Waals surface area contributed by atoms with E-state index in [1.54, 1.807) is 0 Å². The lowest BCUT2D eigenvalue weighted by atomic mass is 9.94. The summed E-state index contributed by atoms with van der Waals surface area (Å²) in [6.07, 6.45) is 5.85. The Labute approximate surface area is 99.6 Å². The molecule has 1 aliphatic rings. The van der Waals surface area contributed by atoms with E-state index in [2.05, 4.69) is 17.9 Å². The summed E-state index contributed by atoms with van der Waals surface area (Å²) in [5.74, 6) is 0.883. The molecule has 0 aromatic rings. The molecule has 0 aromatic carbocycles. The van der Waals surface area contributed by atoms with Crippen molar-refractivity contribution in [3.63, 3.8) is 0 Å². The largest absolute Gasteiger partial charge is 0.314 e. The van der Waals surface area contributed by atoms with Crippen LogP contribution in [0.2, 0.25) is 0 Å². The van der Waals surface area contributed by atoms with E-state index in [4.69, 9.17) is 11.0 Å². The molecule has 16 heavy (non-hydrogen) atoms. The molecular formula is C13H25N3. The van der Waals surface area contributed by atoms with Crippen LogP contribution in [0.1, 0.15) is 46.0 Å². The second-order valence-corrected chi connectivity index (χ2v) is 5.35. The molecule has 1 aliphatic heterocycles. The molecule has 2 unspecified atom stereocenters. The molecule has 0 radical (unpaired) electrons. The molecule has 0 spiro atoms. The predicted molar refractivity (Wildman–Crippen MR) is 66.9 cm³/mol. The quantitative estimate of drug-likeness (QED) is 0.777. The van der Waals surface area contributed by atoms with Crippen molar-refractivity contribution in [2.75, 3.05) is 19.6 Å². The van der Waals surface area contributed by atoms with Crippen molar-refractivity contribution in [3.05, 3.63) is 0 Å². The Morgan fingerprint density at radius 1 is 1.56 bits per heavy atom. The Bertz CT molecular complexity index is 242. The molecule has 2 N–H and O–H groups in total. The van der Waals surface area contributed by atoms with E-state index in [0.29, 0.717) is 0 Å². The van der Waals surface area contributed by atoms with Crippen molar-refractivity contribution in [3.8, 4) is 6.07 Å². The molecule has 3 nitrogen and oxygen atoms in total. The maximum absolute atomic E-state index is 8.82. The first-order valence-corrected chi connectivity index (χ1v) is 6.50. The molecule has 0 amide bonds. The van der Waals surface area contributed by atoms with Crippen molar-refractivity contribution in [2.45, 2.75) is 51.5 Å². The van der Waals surface area contributed by atoms with Crippen LogP contribution in [0.25, 0.3) is 0 Å². The Balaban J connectivity index is 2.20. The first-order valence-electron chi connectivity index (χ1n) is 6.50. The average Bonchev–Trinajstić information content (AvgIpc) is 2.29. The highest BCUT2D eigenvalue weighted by Gasteiger charge is 2.20. The molecule has 1 rings (SSSR count). The van der Waals surface area contributed by atoms with Crippen LogP contribution in [-0.2, 0) is 0 Å². The molecule has 0 saturated carbocycles. The Kier molecular flexibility index (Phi) is 5.24. The van der Waals surface area contributed by atoms with E-state index in [1.807, 2.05) is 6.92 Å². The number of nitriles is 1. The molecule has 0 bridgehead atoms. The molecule has 1 fully saturated rings. The second-order valence-electron chi connectivity index (χ2n) is 5.35. The summed E-state index contributed by atoms with van der Waals surface area (Å²) >= 11 is 0. The Morgan fingerprint density at radius 3 is 2.94 bits per heavy atom. The van der Waals surface area contributed by atoms with E-state index >= 15 is 0 Å². The van der Waals surface area contributed by atoms with Gasteiger partial charge < -0.3 is 10.6 Å². The monoisotopic (exact) mass is 223 g/mol. The minimum Gasteiger partial charge on any atom is -0.314 e. The number of hydrogen-bond donors (Lipinski definition) is 1. The van der Waals surface area contributed by atoms with Gasteiger partial charge in [-0.3, -0.25) is 0 Å². The third-order valence-corrected chi connectivity index (χ3v) is 3.61. The van der Waals surface area contributed by atoms with Gasteiger partial charge in [0.1, 0.15) is 5.54 Å². The first kappa shape index (κ1) is 13.5. The summed E-state index contributed by atoms with van der Waals surface area (Å²) in [4.78, 5) is 2.53. The highest BCUT2D eigenvalue weighted by Crippen LogP contribution is 2.19. The molecule has 92 valence electrons. The zero-order chi connectivity index (χ0) is 12.0. The van der Waals surface area contributed by atoms with Gasteiger partial charge in [0.15, 0.2) is 0 Å². The van der Waals surface area contributed by atoms with Crippen molar-refractivity contribution >= 4 is 0 Å². The lowest BCUT2D eigenvalue weighted by Gasteiger charge is -2.32. The smallest absolute Gasteiger partial charge is 0.101 e. The van der Waals surface area contributed by atoms with Gasteiger partial charge in [0, 0.05) is 6.54 Å². The van der Waals surface area contributed by atoms with Crippen LogP contribution in [-0.4, -0.2) is 30.1 Å². The van der Waals surface area contributed by atoms with Crippen LogP contribution < -0.4 is 5.73 Å². The average molecular weight is 223 g/mol. The number of piperidine rings is 1. The third-order valence-electron chi connectivity index (χ3n) is 3.61. The van der Waals surface area contributed by atoms with E-state index in [-0.39, 0.29) is 0 Å². The topological polar surface area (TPSA) is 53.0 Å². The lowest BCUT2D eigenvalue weighted by Crippen LogP contribution is -2.38. The fourth-order valence-electron chi connectivity index (χ4n) is 2.41. The van der Waals surface area contributed by atoms with E-state index in [9.17, 15) is 0 Å². The zero-order valence-electron chi connectivity index (χ0n) is 10.7. The van der Waals surface area contributed by atoms with Gasteiger partial charge in [0.05, 0.1) is 6.07 Å². The highest BCUT2D eigenvalue weighted by atomic mass is 15.1. The third kappa shape index (κ3) is 4.51. The number of nitrogens with zero attached hydrogens (tertiary/aromatic N) is 2. The number of rotatable bonds is 5. The maximum atomic E-state index is 8.82. The van der Waals surface area contributed by atoms with Crippen LogP contribution in [0.4, 0.5) is 0 Å². The van der Waals surface area contributed by atoms with Crippen LogP contribution in [0.5, 0.6) is 0 Å². The van der Waals surface area contributed by atoms with Gasteiger partial charge in [0.25, 0.3) is 0 Å². The van der Waals surface area contributed by atoms with Gasteiger partial charge in [-0.1, -0.05) is 13.3 Å². The summed E-state index contributed by atoms with van der Waals surface area (Å²) in [5.41, 5.74) is 5.17. The van der Waals surface area contributed by atoms with E-state index in [0.717, 1.165) is 25.3 Å². The fraction of sp³-hybridized carbons (Fsp3) is 0.923. The van der Waals surface area contributed by atoms with Crippen LogP contribution in [0.3, 0.4) is 0 Å². The SMILES string of the molecule is CCC1CCCN(CCCC(C)(N)C#N)C1. The van der Waals surface area contributed by atoms with Gasteiger partial charge in [-0.15, -0.1) is 0 Å². The second kappa shape index (κ2) is 6.22. The van der Waals surface area contributed by atoms with Crippen molar-refractivity contribution in [1.82, 2.24) is 4.90 Å². The molecule has 1 heterocycles. The molecule has 0 aromatic heterocycles. The normalized spacial score (nSPS) is 26.0. The predicted octanol–water partition coefficient (Wildman–Crippen LogP) is 2.13. The van der Waals surface area contributed by atoms with Gasteiger partial charge in [0.2, 0.25) is 0 Å². The summed E-state index contributed by atoms with van der Waals surface area (Å²) in [7, 11) is 0. The van der Waals surface area contributed by atoms with Crippen molar-refractivity contribution < 1.29 is 0 Å². The van der Waals surface area contributed by atoms with Crippen molar-refractivity contribution in [1.29, 1.82) is 5.26 Å². The summed E-state index contributed by atoms with van der Waals surface area (Å²) < 4.78 is 0. The van der Waals surface area contributed by atoms with Crippen LogP contribution in [0.15, 0.2) is 0 Å². The van der Waals surface area contributed by atoms with Gasteiger partial charge in [-0.05, 0) is 51.6 Å². The highest BCUT2D eigenvalue weighted by molar-refractivity contribution is 5.00. The van der Waals surface area contributed by atoms with Gasteiger partial charge in [-0.2, -0.15) is 5.26 Å². The number of nitrogens with two attached hydrogens (primary N) is 1. The van der Waals surface area contributed by atoms with Crippen LogP contribution in [0, 0.1) is 17.2 Å². The minimum absolute atomic E-state index is 0.639. The maximum Gasteiger partial charge on any atom is 0.101 e. The summed E-state index contributed by atoms with van der Waals surface area (Å²) in [6, 6.07) is 2.16. The van der Waals surface area contributed by atoms with Gasteiger partial charge >= 0.3 is 0 Å². The Hall–Kier alpha value is -0.590. The van der Waals surface area contributed by atoms with E-state index in [1.165, 1.54) is 32.4 Å². The minimum atomic E-state index is -0.639. The molecule has 3 heteroatoms. The number of hydrogen-bond acceptors (Lipinski definition) is 3. The van der Waals surface area contributed by atoms with Crippen molar-refractivity contribution in [2.24, 2.45) is 11.7 Å². The molecule has 1 saturated heterocycles. The molecule has 0 aliphatic carbocycles. The zero-order valence-corrected chi connectivity index (χ0v) is 10.7. The Morgan fingerprint density at radius 2 is 2.31 bits per heavy atom. The lowest BCUT2D eigenvalue weighted by molar-refractivity contribution is 0.167. The van der Waals surface area contributed by atoms with E-state index < -0.39 is 5.54 Å². The first-order chi connectivity index (χ1) is 7.57. The molecule has 2 atom stereocenters. The molecular weight excluding hydrogens is 198 g/mol. The standard InChI is InChI=1S/C13H25N3/c1-3-12-6-4-8-16(10-12)9-5-7-13(2,15)11-14/h12H,3-10,15H2,1-2H3. The van der Waals surface area contributed by atoms with Crippen LogP contribution >= 0.6 is 0 Å². The number of likely N-dealkylation sites (tertiary alicyclic amines) is 1. The van der Waals surface area contributed by atoms with Gasteiger partial charge in [-0.25, -0.2) is 0 Å². The fourth-order valence-corrected chi connectivity index (χ4v) is 2.41.